The molecule has 11 heteroatoms. The molecule has 9 nitrogen and oxygen atoms in total. The van der Waals surface area contributed by atoms with Crippen LogP contribution in [0.2, 0.25) is 0 Å². The molecule has 1 aromatic carbocycles. The number of fused-ring (bicyclic) bond motifs is 1. The number of benzene rings is 1. The fraction of sp³-hybridized carbons (Fsp3) is 0.417. The second kappa shape index (κ2) is 11.3. The number of rotatable bonds is 9. The van der Waals surface area contributed by atoms with E-state index in [1.165, 1.54) is 21.2 Å². The Hall–Kier alpha value is -2.73. The van der Waals surface area contributed by atoms with Crippen molar-refractivity contribution < 1.29 is 13.2 Å². The topological polar surface area (TPSA) is 99.6 Å². The third-order valence-corrected chi connectivity index (χ3v) is 9.55. The minimum Gasteiger partial charge on any atom is -0.333 e. The van der Waals surface area contributed by atoms with Crippen molar-refractivity contribution in [2.45, 2.75) is 50.7 Å². The fourth-order valence-corrected chi connectivity index (χ4v) is 7.08. The number of urea groups is 1. The summed E-state index contributed by atoms with van der Waals surface area (Å²) in [6.07, 6.45) is 0.990. The molecule has 188 valence electrons. The van der Waals surface area contributed by atoms with E-state index in [-0.39, 0.29) is 16.8 Å². The van der Waals surface area contributed by atoms with Gasteiger partial charge in [-0.05, 0) is 24.1 Å². The predicted octanol–water partition coefficient (Wildman–Crippen LogP) is 3.70. The number of sulfonamides is 1. The zero-order valence-corrected chi connectivity index (χ0v) is 21.7. The van der Waals surface area contributed by atoms with Gasteiger partial charge in [0.15, 0.2) is 5.82 Å². The van der Waals surface area contributed by atoms with Crippen molar-refractivity contribution in [1.29, 1.82) is 0 Å². The molecule has 0 bridgehead atoms. The lowest BCUT2D eigenvalue weighted by Crippen LogP contribution is -2.30. The number of aryl methyl sites for hydroxylation is 1. The van der Waals surface area contributed by atoms with Crippen LogP contribution in [-0.4, -0.2) is 53.1 Å². The number of nitrogens with one attached hydrogen (secondary N) is 2. The van der Waals surface area contributed by atoms with Crippen molar-refractivity contribution in [2.24, 2.45) is 0 Å². The van der Waals surface area contributed by atoms with Crippen LogP contribution in [0, 0.1) is 0 Å². The summed E-state index contributed by atoms with van der Waals surface area (Å²) in [5.41, 5.74) is 2.35. The quantitative estimate of drug-likeness (QED) is 0.452. The monoisotopic (exact) mass is 516 g/mol. The average molecular weight is 517 g/mol. The minimum atomic E-state index is -3.49. The number of nitrogens with zero attached hydrogens (tertiary/aromatic N) is 4. The summed E-state index contributed by atoms with van der Waals surface area (Å²) in [4.78, 5) is 15.6. The Bertz CT molecular complexity index is 1240. The number of carbonyl (C=O) groups is 1. The molecule has 4 rings (SSSR count). The first-order valence-electron chi connectivity index (χ1n) is 11.9. The molecule has 0 unspecified atom stereocenters. The van der Waals surface area contributed by atoms with Crippen LogP contribution in [0.5, 0.6) is 0 Å². The lowest BCUT2D eigenvalue weighted by Gasteiger charge is -2.19. The molecule has 0 radical (unpaired) electrons. The molecule has 3 aromatic rings. The molecular weight excluding hydrogens is 484 g/mol. The van der Waals surface area contributed by atoms with Crippen molar-refractivity contribution in [3.05, 3.63) is 64.7 Å². The molecule has 0 atom stereocenters. The van der Waals surface area contributed by atoms with E-state index < -0.39 is 10.0 Å². The Balaban J connectivity index is 1.32. The molecule has 1 aliphatic heterocycles. The van der Waals surface area contributed by atoms with Crippen LogP contribution in [-0.2, 0) is 36.2 Å². The van der Waals surface area contributed by atoms with Gasteiger partial charge < -0.3 is 5.32 Å². The first-order valence-corrected chi connectivity index (χ1v) is 14.1. The Kier molecular flexibility index (Phi) is 8.22. The molecule has 0 fully saturated rings. The Morgan fingerprint density at radius 3 is 2.63 bits per heavy atom. The van der Waals surface area contributed by atoms with Crippen LogP contribution in [0.4, 0.5) is 10.6 Å². The van der Waals surface area contributed by atoms with E-state index in [2.05, 4.69) is 44.9 Å². The van der Waals surface area contributed by atoms with Gasteiger partial charge in [-0.3, -0.25) is 14.9 Å². The molecule has 0 spiro atoms. The highest BCUT2D eigenvalue weighted by Gasteiger charge is 2.23. The highest BCUT2D eigenvalue weighted by molar-refractivity contribution is 7.91. The van der Waals surface area contributed by atoms with Crippen LogP contribution in [0.25, 0.3) is 0 Å². The maximum Gasteiger partial charge on any atom is 0.320 e. The molecule has 0 saturated carbocycles. The molecule has 1 aliphatic rings. The predicted molar refractivity (Wildman–Crippen MR) is 138 cm³/mol. The second-order valence-corrected chi connectivity index (χ2v) is 11.7. The average Bonchev–Trinajstić information content (AvgIpc) is 3.42. The van der Waals surface area contributed by atoms with E-state index in [1.54, 1.807) is 12.1 Å². The first kappa shape index (κ1) is 25.4. The lowest BCUT2D eigenvalue weighted by molar-refractivity contribution is 0.251. The summed E-state index contributed by atoms with van der Waals surface area (Å²) in [5.74, 6) is 0.509. The number of anilines is 1. The van der Waals surface area contributed by atoms with Crippen molar-refractivity contribution >= 4 is 33.2 Å². The SMILES string of the molecule is CCN(CC)S(=O)(=O)c1ccc(CNC(=O)Nc2cc3n(n2)CCCN(Cc2ccccc2)C3)s1. The molecule has 35 heavy (non-hydrogen) atoms. The molecule has 2 amide bonds. The van der Waals surface area contributed by atoms with Crippen molar-refractivity contribution in [2.75, 3.05) is 25.0 Å². The Morgan fingerprint density at radius 2 is 1.89 bits per heavy atom. The molecular formula is C24H32N6O3S2. The van der Waals surface area contributed by atoms with Crippen molar-refractivity contribution in [3.8, 4) is 0 Å². The largest absolute Gasteiger partial charge is 0.333 e. The van der Waals surface area contributed by atoms with Crippen molar-refractivity contribution in [1.82, 2.24) is 24.3 Å². The Labute approximate surface area is 210 Å². The maximum absolute atomic E-state index is 12.7. The summed E-state index contributed by atoms with van der Waals surface area (Å²) in [6.45, 7) is 8.17. The van der Waals surface area contributed by atoms with Crippen LogP contribution >= 0.6 is 11.3 Å². The first-order chi connectivity index (χ1) is 16.9. The van der Waals surface area contributed by atoms with Gasteiger partial charge in [-0.15, -0.1) is 11.3 Å². The fourth-order valence-electron chi connectivity index (χ4n) is 4.18. The standard InChI is InChI=1S/C24H32N6O3S2/c1-3-29(4-2)35(32,33)23-12-11-21(34-23)16-25-24(31)26-22-15-20-18-28(13-8-14-30(20)27-22)17-19-9-6-5-7-10-19/h5-7,9-12,15H,3-4,8,13-14,16-18H2,1-2H3,(H2,25,26,27,31). The summed E-state index contributed by atoms with van der Waals surface area (Å²) in [6, 6.07) is 15.3. The number of hydrogen-bond donors (Lipinski definition) is 2. The summed E-state index contributed by atoms with van der Waals surface area (Å²) >= 11 is 1.18. The van der Waals surface area contributed by atoms with Gasteiger partial charge in [0.25, 0.3) is 10.0 Å². The van der Waals surface area contributed by atoms with Gasteiger partial charge in [-0.1, -0.05) is 44.2 Å². The molecule has 2 aromatic heterocycles. The number of amides is 2. The summed E-state index contributed by atoms with van der Waals surface area (Å²) in [5, 5.41) is 10.2. The van der Waals surface area contributed by atoms with Gasteiger partial charge in [0.1, 0.15) is 4.21 Å². The molecule has 0 aliphatic carbocycles. The summed E-state index contributed by atoms with van der Waals surface area (Å²) < 4.78 is 29.0. The number of thiophene rings is 1. The lowest BCUT2D eigenvalue weighted by atomic mass is 10.2. The molecule has 0 saturated heterocycles. The maximum atomic E-state index is 12.7. The molecule has 2 N–H and O–H groups in total. The number of carbonyl (C=O) groups excluding carboxylic acids is 1. The zero-order chi connectivity index (χ0) is 24.8. The minimum absolute atomic E-state index is 0.239. The van der Waals surface area contributed by atoms with E-state index in [4.69, 9.17) is 0 Å². The second-order valence-electron chi connectivity index (χ2n) is 8.41. The van der Waals surface area contributed by atoms with E-state index in [0.717, 1.165) is 43.2 Å². The Morgan fingerprint density at radius 1 is 1.11 bits per heavy atom. The van der Waals surface area contributed by atoms with Gasteiger partial charge in [0.2, 0.25) is 0 Å². The summed E-state index contributed by atoms with van der Waals surface area (Å²) in [7, 11) is -3.49. The smallest absolute Gasteiger partial charge is 0.320 e. The van der Waals surface area contributed by atoms with Crippen LogP contribution in [0.1, 0.15) is 36.4 Å². The van der Waals surface area contributed by atoms with Gasteiger partial charge in [0, 0.05) is 50.2 Å². The third kappa shape index (κ3) is 6.29. The zero-order valence-electron chi connectivity index (χ0n) is 20.1. The van der Waals surface area contributed by atoms with Gasteiger partial charge in [-0.2, -0.15) is 9.40 Å². The van der Waals surface area contributed by atoms with E-state index in [9.17, 15) is 13.2 Å². The highest BCUT2D eigenvalue weighted by Crippen LogP contribution is 2.25. The van der Waals surface area contributed by atoms with E-state index in [0.29, 0.717) is 18.9 Å². The normalized spacial score (nSPS) is 14.5. The van der Waals surface area contributed by atoms with Gasteiger partial charge in [-0.25, -0.2) is 13.2 Å². The van der Waals surface area contributed by atoms with Crippen LogP contribution < -0.4 is 10.6 Å². The number of aromatic nitrogens is 2. The van der Waals surface area contributed by atoms with Gasteiger partial charge in [0.05, 0.1) is 12.2 Å². The van der Waals surface area contributed by atoms with E-state index in [1.807, 2.05) is 30.7 Å². The van der Waals surface area contributed by atoms with Gasteiger partial charge >= 0.3 is 6.03 Å². The van der Waals surface area contributed by atoms with Crippen molar-refractivity contribution in [3.63, 3.8) is 0 Å². The molecule has 3 heterocycles. The number of hydrogen-bond acceptors (Lipinski definition) is 6. The highest BCUT2D eigenvalue weighted by atomic mass is 32.2. The van der Waals surface area contributed by atoms with E-state index >= 15 is 0 Å². The van der Waals surface area contributed by atoms with Crippen LogP contribution in [0.15, 0.2) is 52.7 Å². The third-order valence-electron chi connectivity index (χ3n) is 5.94. The van der Waals surface area contributed by atoms with Crippen LogP contribution in [0.3, 0.4) is 0 Å².